The normalized spacial score (nSPS) is 13.2. The monoisotopic (exact) mass is 375 g/mol. The van der Waals surface area contributed by atoms with Crippen LogP contribution in [0.5, 0.6) is 11.5 Å². The lowest BCUT2D eigenvalue weighted by Crippen LogP contribution is -2.26. The van der Waals surface area contributed by atoms with Gasteiger partial charge in [0.2, 0.25) is 0 Å². The second-order valence-corrected chi connectivity index (χ2v) is 6.21. The van der Waals surface area contributed by atoms with Crippen molar-refractivity contribution in [3.63, 3.8) is 0 Å². The molecule has 0 N–H and O–H groups in total. The van der Waals surface area contributed by atoms with Gasteiger partial charge in [0.05, 0.1) is 18.7 Å². The number of nitrogens with zero attached hydrogens (tertiary/aromatic N) is 1. The zero-order valence-electron chi connectivity index (χ0n) is 13.1. The Labute approximate surface area is 144 Å². The molecule has 0 bridgehead atoms. The molecule has 0 aromatic heterocycles. The fourth-order valence-electron chi connectivity index (χ4n) is 2.86. The van der Waals surface area contributed by atoms with Gasteiger partial charge in [0.15, 0.2) is 11.5 Å². The number of carbonyl (C=O) groups excluding carboxylic acids is 1. The van der Waals surface area contributed by atoms with Gasteiger partial charge in [0, 0.05) is 24.2 Å². The molecule has 0 saturated heterocycles. The number of fused-ring (bicyclic) bond motifs is 1. The maximum absolute atomic E-state index is 12.6. The van der Waals surface area contributed by atoms with Crippen LogP contribution in [0.2, 0.25) is 0 Å². The first-order valence-corrected chi connectivity index (χ1v) is 8.21. The number of methoxy groups -OCH3 is 2. The number of hydrogen-bond donors (Lipinski definition) is 0. The Morgan fingerprint density at radius 1 is 1.17 bits per heavy atom. The van der Waals surface area contributed by atoms with Gasteiger partial charge in [-0.1, -0.05) is 30.3 Å². The third-order valence-electron chi connectivity index (χ3n) is 4.09. The minimum Gasteiger partial charge on any atom is -0.493 e. The fourth-order valence-corrected chi connectivity index (χ4v) is 3.55. The largest absolute Gasteiger partial charge is 0.493 e. The molecule has 0 spiro atoms. The Kier molecular flexibility index (Phi) is 4.57. The van der Waals surface area contributed by atoms with E-state index in [4.69, 9.17) is 9.47 Å². The van der Waals surface area contributed by atoms with E-state index < -0.39 is 0 Å². The average Bonchev–Trinajstić information content (AvgIpc) is 2.90. The van der Waals surface area contributed by atoms with Crippen molar-refractivity contribution in [3.8, 4) is 11.5 Å². The Balaban J connectivity index is 1.83. The standard InChI is InChI=1S/C18H18BrNO3/c1-22-15-10-13-14(16(19)17(15)23-2)11-20(18(13)21)9-8-12-6-4-3-5-7-12/h3-7,10H,8-9,11H2,1-2H3. The fraction of sp³-hybridized carbons (Fsp3) is 0.278. The molecular weight excluding hydrogens is 358 g/mol. The number of hydrogen-bond acceptors (Lipinski definition) is 3. The van der Waals surface area contributed by atoms with Crippen LogP contribution in [0.25, 0.3) is 0 Å². The van der Waals surface area contributed by atoms with Crippen molar-refractivity contribution in [1.82, 2.24) is 4.90 Å². The highest BCUT2D eigenvalue weighted by atomic mass is 79.9. The number of rotatable bonds is 5. The molecule has 1 amide bonds. The van der Waals surface area contributed by atoms with E-state index in [9.17, 15) is 4.79 Å². The predicted molar refractivity (Wildman–Crippen MR) is 92.1 cm³/mol. The van der Waals surface area contributed by atoms with E-state index in [1.165, 1.54) is 5.56 Å². The SMILES string of the molecule is COc1cc2c(c(Br)c1OC)CN(CCc1ccccc1)C2=O. The van der Waals surface area contributed by atoms with Gasteiger partial charge < -0.3 is 14.4 Å². The summed E-state index contributed by atoms with van der Waals surface area (Å²) in [5, 5.41) is 0. The van der Waals surface area contributed by atoms with Crippen LogP contribution in [0.1, 0.15) is 21.5 Å². The maximum atomic E-state index is 12.6. The summed E-state index contributed by atoms with van der Waals surface area (Å²) in [4.78, 5) is 14.5. The molecule has 0 fully saturated rings. The second-order valence-electron chi connectivity index (χ2n) is 5.41. The summed E-state index contributed by atoms with van der Waals surface area (Å²) < 4.78 is 11.5. The maximum Gasteiger partial charge on any atom is 0.254 e. The van der Waals surface area contributed by atoms with E-state index in [0.29, 0.717) is 30.2 Å². The molecule has 4 nitrogen and oxygen atoms in total. The molecule has 23 heavy (non-hydrogen) atoms. The van der Waals surface area contributed by atoms with Gasteiger partial charge in [-0.05, 0) is 34.0 Å². The first-order valence-electron chi connectivity index (χ1n) is 7.42. The van der Waals surface area contributed by atoms with Crippen LogP contribution in [-0.4, -0.2) is 31.6 Å². The van der Waals surface area contributed by atoms with Crippen LogP contribution >= 0.6 is 15.9 Å². The average molecular weight is 376 g/mol. The molecule has 1 aliphatic heterocycles. The van der Waals surface area contributed by atoms with Crippen LogP contribution in [-0.2, 0) is 13.0 Å². The molecule has 0 saturated carbocycles. The lowest BCUT2D eigenvalue weighted by molar-refractivity contribution is 0.0780. The number of benzene rings is 2. The van der Waals surface area contributed by atoms with Crippen molar-refractivity contribution < 1.29 is 14.3 Å². The first kappa shape index (κ1) is 15.9. The molecule has 1 aliphatic rings. The van der Waals surface area contributed by atoms with Crippen molar-refractivity contribution in [2.45, 2.75) is 13.0 Å². The Bertz CT molecular complexity index is 731. The summed E-state index contributed by atoms with van der Waals surface area (Å²) in [5.41, 5.74) is 2.87. The molecule has 3 rings (SSSR count). The number of amides is 1. The second kappa shape index (κ2) is 6.62. The summed E-state index contributed by atoms with van der Waals surface area (Å²) in [6, 6.07) is 12.0. The highest BCUT2D eigenvalue weighted by Crippen LogP contribution is 2.42. The lowest BCUT2D eigenvalue weighted by Gasteiger charge is -2.15. The van der Waals surface area contributed by atoms with Crippen molar-refractivity contribution >= 4 is 21.8 Å². The highest BCUT2D eigenvalue weighted by Gasteiger charge is 2.32. The molecule has 120 valence electrons. The molecule has 0 unspecified atom stereocenters. The molecule has 0 atom stereocenters. The molecule has 2 aromatic rings. The van der Waals surface area contributed by atoms with Gasteiger partial charge in [-0.25, -0.2) is 0 Å². The zero-order valence-corrected chi connectivity index (χ0v) is 14.7. The Morgan fingerprint density at radius 2 is 1.91 bits per heavy atom. The first-order chi connectivity index (χ1) is 11.2. The molecular formula is C18H18BrNO3. The van der Waals surface area contributed by atoms with E-state index >= 15 is 0 Å². The minimum atomic E-state index is 0.0394. The molecule has 5 heteroatoms. The molecule has 1 heterocycles. The van der Waals surface area contributed by atoms with Crippen molar-refractivity contribution in [2.24, 2.45) is 0 Å². The number of halogens is 1. The van der Waals surface area contributed by atoms with Gasteiger partial charge in [-0.3, -0.25) is 4.79 Å². The van der Waals surface area contributed by atoms with Gasteiger partial charge in [-0.2, -0.15) is 0 Å². The summed E-state index contributed by atoms with van der Waals surface area (Å²) in [7, 11) is 3.17. The van der Waals surface area contributed by atoms with E-state index in [2.05, 4.69) is 28.1 Å². The predicted octanol–water partition coefficient (Wildman–Crippen LogP) is 3.66. The quantitative estimate of drug-likeness (QED) is 0.800. The number of carbonyl (C=O) groups is 1. The van der Waals surface area contributed by atoms with Crippen molar-refractivity contribution in [3.05, 3.63) is 57.6 Å². The summed E-state index contributed by atoms with van der Waals surface area (Å²) in [6.45, 7) is 1.27. The van der Waals surface area contributed by atoms with E-state index in [1.54, 1.807) is 20.3 Å². The van der Waals surface area contributed by atoms with E-state index in [0.717, 1.165) is 16.5 Å². The summed E-state index contributed by atoms with van der Waals surface area (Å²) in [5.74, 6) is 1.23. The Morgan fingerprint density at radius 3 is 2.57 bits per heavy atom. The lowest BCUT2D eigenvalue weighted by atomic mass is 10.1. The molecule has 2 aromatic carbocycles. The third-order valence-corrected chi connectivity index (χ3v) is 4.93. The van der Waals surface area contributed by atoms with Crippen LogP contribution in [0.3, 0.4) is 0 Å². The van der Waals surface area contributed by atoms with Crippen LogP contribution in [0.15, 0.2) is 40.9 Å². The van der Waals surface area contributed by atoms with Crippen molar-refractivity contribution in [1.29, 1.82) is 0 Å². The van der Waals surface area contributed by atoms with E-state index in [1.807, 2.05) is 23.1 Å². The molecule has 0 aliphatic carbocycles. The van der Waals surface area contributed by atoms with Crippen LogP contribution in [0.4, 0.5) is 0 Å². The van der Waals surface area contributed by atoms with Gasteiger partial charge in [0.25, 0.3) is 5.91 Å². The Hall–Kier alpha value is -2.01. The summed E-state index contributed by atoms with van der Waals surface area (Å²) >= 11 is 3.55. The van der Waals surface area contributed by atoms with Gasteiger partial charge >= 0.3 is 0 Å². The van der Waals surface area contributed by atoms with Crippen molar-refractivity contribution in [2.75, 3.05) is 20.8 Å². The summed E-state index contributed by atoms with van der Waals surface area (Å²) in [6.07, 6.45) is 0.840. The van der Waals surface area contributed by atoms with Gasteiger partial charge in [-0.15, -0.1) is 0 Å². The van der Waals surface area contributed by atoms with Crippen LogP contribution < -0.4 is 9.47 Å². The van der Waals surface area contributed by atoms with E-state index in [-0.39, 0.29) is 5.91 Å². The van der Waals surface area contributed by atoms with Crippen LogP contribution in [0, 0.1) is 0 Å². The smallest absolute Gasteiger partial charge is 0.254 e. The molecule has 0 radical (unpaired) electrons. The highest BCUT2D eigenvalue weighted by molar-refractivity contribution is 9.10. The third kappa shape index (κ3) is 2.93. The van der Waals surface area contributed by atoms with Gasteiger partial charge in [0.1, 0.15) is 0 Å². The number of ether oxygens (including phenoxy) is 2. The zero-order chi connectivity index (χ0) is 16.4. The minimum absolute atomic E-state index is 0.0394. The topological polar surface area (TPSA) is 38.8 Å².